The number of hydrogen-bond acceptors (Lipinski definition) is 6. The molecule has 0 aliphatic carbocycles. The molecule has 2 amide bonds. The molecule has 0 radical (unpaired) electrons. The van der Waals surface area contributed by atoms with E-state index in [-0.39, 0.29) is 29.8 Å². The molecule has 2 saturated heterocycles. The van der Waals surface area contributed by atoms with E-state index in [1.807, 2.05) is 53.6 Å². The van der Waals surface area contributed by atoms with Crippen LogP contribution in [-0.4, -0.2) is 55.4 Å². The summed E-state index contributed by atoms with van der Waals surface area (Å²) < 4.78 is 1.55. The highest BCUT2D eigenvalue weighted by Gasteiger charge is 2.44. The van der Waals surface area contributed by atoms with Gasteiger partial charge in [-0.05, 0) is 38.7 Å². The number of benzene rings is 1. The number of fused-ring (bicyclic) bond motifs is 3. The molecular weight excluding hydrogens is 466 g/mol. The molecule has 0 saturated carbocycles. The normalized spacial score (nSPS) is 20.8. The number of nitrogens with zero attached hydrogens (tertiary/aromatic N) is 5. The molecule has 2 aliphatic rings. The zero-order valence-electron chi connectivity index (χ0n) is 20.9. The number of rotatable bonds is 4. The summed E-state index contributed by atoms with van der Waals surface area (Å²) >= 11 is 0. The molecule has 3 N–H and O–H groups in total. The van der Waals surface area contributed by atoms with Crippen LogP contribution in [0.25, 0.3) is 28.0 Å². The van der Waals surface area contributed by atoms with Crippen LogP contribution in [0.5, 0.6) is 0 Å². The van der Waals surface area contributed by atoms with Gasteiger partial charge in [-0.1, -0.05) is 36.4 Å². The Labute approximate surface area is 214 Å². The fourth-order valence-electron chi connectivity index (χ4n) is 6.09. The number of aromatic nitrogens is 4. The lowest BCUT2D eigenvalue weighted by molar-refractivity contribution is 0.101. The Morgan fingerprint density at radius 2 is 1.73 bits per heavy atom. The summed E-state index contributed by atoms with van der Waals surface area (Å²) in [5, 5.41) is 7.25. The van der Waals surface area contributed by atoms with E-state index in [0.717, 1.165) is 48.1 Å². The number of nitrogen functional groups attached to an aromatic ring is 1. The molecule has 2 bridgehead atoms. The molecule has 9 heteroatoms. The Morgan fingerprint density at radius 1 is 1.00 bits per heavy atom. The molecule has 3 atom stereocenters. The van der Waals surface area contributed by atoms with Gasteiger partial charge in [0.05, 0.1) is 23.1 Å². The summed E-state index contributed by atoms with van der Waals surface area (Å²) in [6, 6.07) is 14.2. The highest BCUT2D eigenvalue weighted by atomic mass is 16.2. The minimum atomic E-state index is -0.131. The van der Waals surface area contributed by atoms with Gasteiger partial charge in [0, 0.05) is 47.9 Å². The number of ketones is 1. The van der Waals surface area contributed by atoms with E-state index in [4.69, 9.17) is 10.7 Å². The summed E-state index contributed by atoms with van der Waals surface area (Å²) in [5.41, 5.74) is 11.9. The first-order valence-corrected chi connectivity index (χ1v) is 12.7. The summed E-state index contributed by atoms with van der Waals surface area (Å²) in [6.45, 7) is 1.52. The summed E-state index contributed by atoms with van der Waals surface area (Å²) in [7, 11) is 1.67. The number of pyridine rings is 1. The molecule has 188 valence electrons. The Kier molecular flexibility index (Phi) is 5.62. The van der Waals surface area contributed by atoms with Gasteiger partial charge >= 0.3 is 6.03 Å². The van der Waals surface area contributed by atoms with Crippen LogP contribution in [0.4, 0.5) is 10.6 Å². The van der Waals surface area contributed by atoms with Gasteiger partial charge in [0.1, 0.15) is 5.82 Å². The van der Waals surface area contributed by atoms with Crippen molar-refractivity contribution in [3.8, 4) is 22.4 Å². The summed E-state index contributed by atoms with van der Waals surface area (Å²) in [4.78, 5) is 36.9. The van der Waals surface area contributed by atoms with E-state index in [1.54, 1.807) is 17.8 Å². The highest BCUT2D eigenvalue weighted by molar-refractivity contribution is 6.00. The van der Waals surface area contributed by atoms with Crippen LogP contribution in [0.3, 0.4) is 0 Å². The predicted octanol–water partition coefficient (Wildman–Crippen LogP) is 4.29. The summed E-state index contributed by atoms with van der Waals surface area (Å²) in [6.07, 6.45) is 6.96. The summed E-state index contributed by atoms with van der Waals surface area (Å²) in [5.74, 6) is 0.202. The van der Waals surface area contributed by atoms with Gasteiger partial charge in [-0.15, -0.1) is 0 Å². The van der Waals surface area contributed by atoms with Gasteiger partial charge in [-0.2, -0.15) is 9.61 Å². The number of urea groups is 1. The van der Waals surface area contributed by atoms with E-state index < -0.39 is 0 Å². The number of anilines is 1. The lowest BCUT2D eigenvalue weighted by atomic mass is 9.85. The SMILES string of the molecule is CNC(=O)N1C2CC[C@@H]1CC(c1nc3c(-c4ccc(-c5ccccc5)nc4)cnn3c(N)c1C(C)=O)C2. The molecule has 2 aliphatic heterocycles. The monoisotopic (exact) mass is 495 g/mol. The molecule has 3 aromatic heterocycles. The largest absolute Gasteiger partial charge is 0.383 e. The maximum Gasteiger partial charge on any atom is 0.317 e. The van der Waals surface area contributed by atoms with Gasteiger partial charge in [0.25, 0.3) is 0 Å². The topological polar surface area (TPSA) is 119 Å². The number of carbonyl (C=O) groups excluding carboxylic acids is 2. The lowest BCUT2D eigenvalue weighted by Crippen LogP contribution is -2.49. The molecule has 9 nitrogen and oxygen atoms in total. The molecule has 5 heterocycles. The fraction of sp³-hybridized carbons (Fsp3) is 0.321. The molecule has 2 fully saturated rings. The molecule has 4 aromatic rings. The first kappa shape index (κ1) is 23.1. The van der Waals surface area contributed by atoms with Crippen LogP contribution in [0.2, 0.25) is 0 Å². The van der Waals surface area contributed by atoms with Crippen molar-refractivity contribution < 1.29 is 9.59 Å². The lowest BCUT2D eigenvalue weighted by Gasteiger charge is -2.38. The number of nitrogens with two attached hydrogens (primary N) is 1. The zero-order chi connectivity index (χ0) is 25.7. The Balaban J connectivity index is 1.41. The van der Waals surface area contributed by atoms with E-state index in [0.29, 0.717) is 22.7 Å². The van der Waals surface area contributed by atoms with Gasteiger partial charge in [-0.25, -0.2) is 9.78 Å². The third-order valence-electron chi connectivity index (χ3n) is 7.77. The average molecular weight is 496 g/mol. The molecule has 0 spiro atoms. The zero-order valence-corrected chi connectivity index (χ0v) is 20.9. The van der Waals surface area contributed by atoms with Gasteiger partial charge in [0.15, 0.2) is 11.4 Å². The van der Waals surface area contributed by atoms with Crippen molar-refractivity contribution in [1.82, 2.24) is 29.8 Å². The van der Waals surface area contributed by atoms with Crippen LogP contribution in [-0.2, 0) is 0 Å². The average Bonchev–Trinajstić information content (AvgIpc) is 3.46. The molecule has 6 rings (SSSR count). The Morgan fingerprint density at radius 3 is 2.35 bits per heavy atom. The van der Waals surface area contributed by atoms with Gasteiger partial charge in [0.2, 0.25) is 0 Å². The van der Waals surface area contributed by atoms with Crippen molar-refractivity contribution in [3.05, 3.63) is 66.1 Å². The third kappa shape index (κ3) is 3.82. The van der Waals surface area contributed by atoms with Crippen molar-refractivity contribution in [2.45, 2.75) is 50.6 Å². The molecule has 1 aromatic carbocycles. The predicted molar refractivity (Wildman–Crippen MR) is 141 cm³/mol. The first-order valence-electron chi connectivity index (χ1n) is 12.7. The van der Waals surface area contributed by atoms with Crippen molar-refractivity contribution in [2.75, 3.05) is 12.8 Å². The van der Waals surface area contributed by atoms with E-state index in [1.165, 1.54) is 6.92 Å². The van der Waals surface area contributed by atoms with E-state index >= 15 is 0 Å². The highest BCUT2D eigenvalue weighted by Crippen LogP contribution is 2.44. The maximum absolute atomic E-state index is 12.8. The van der Waals surface area contributed by atoms with E-state index in [2.05, 4.69) is 15.4 Å². The van der Waals surface area contributed by atoms with Crippen LogP contribution >= 0.6 is 0 Å². The van der Waals surface area contributed by atoms with Gasteiger partial charge < -0.3 is 16.0 Å². The second-order valence-electron chi connectivity index (χ2n) is 9.92. The van der Waals surface area contributed by atoms with Crippen molar-refractivity contribution in [2.24, 2.45) is 0 Å². The number of amides is 2. The van der Waals surface area contributed by atoms with E-state index in [9.17, 15) is 9.59 Å². The Bertz CT molecular complexity index is 1480. The number of piperidine rings is 1. The van der Waals surface area contributed by atoms with Crippen molar-refractivity contribution in [1.29, 1.82) is 0 Å². The second-order valence-corrected chi connectivity index (χ2v) is 9.92. The minimum absolute atomic E-state index is 0.0333. The van der Waals surface area contributed by atoms with Crippen LogP contribution in [0.15, 0.2) is 54.9 Å². The van der Waals surface area contributed by atoms with Gasteiger partial charge in [-0.3, -0.25) is 9.78 Å². The second kappa shape index (κ2) is 8.99. The molecular formula is C28H29N7O2. The van der Waals surface area contributed by atoms with Crippen LogP contribution in [0, 0.1) is 0 Å². The first-order chi connectivity index (χ1) is 18.0. The number of hydrogen-bond donors (Lipinski definition) is 2. The minimum Gasteiger partial charge on any atom is -0.383 e. The van der Waals surface area contributed by atoms with Crippen LogP contribution < -0.4 is 11.1 Å². The molecule has 2 unspecified atom stereocenters. The number of Topliss-reactive ketones (excluding diaryl/α,β-unsaturated/α-hetero) is 1. The maximum atomic E-state index is 12.8. The molecule has 37 heavy (non-hydrogen) atoms. The van der Waals surface area contributed by atoms with Crippen molar-refractivity contribution >= 4 is 23.3 Å². The fourth-order valence-corrected chi connectivity index (χ4v) is 6.09. The smallest absolute Gasteiger partial charge is 0.317 e. The van der Waals surface area contributed by atoms with Crippen molar-refractivity contribution in [3.63, 3.8) is 0 Å². The number of carbonyl (C=O) groups is 2. The standard InChI is InChI=1S/C28H29N7O2/c1-16(36)24-25(19-12-20-9-10-21(13-19)34(20)28(37)30-2)33-27-22(15-32-35(27)26(24)29)18-8-11-23(31-14-18)17-6-4-3-5-7-17/h3-8,11,14-15,19-21H,9-10,12-13,29H2,1-2H3,(H,30,37)/t19?,20-,21?/m1/s1. The Hall–Kier alpha value is -4.27. The van der Waals surface area contributed by atoms with Crippen LogP contribution in [0.1, 0.15) is 54.6 Å². The number of nitrogens with one attached hydrogen (secondary N) is 1. The quantitative estimate of drug-likeness (QED) is 0.408. The third-order valence-corrected chi connectivity index (χ3v) is 7.77.